The van der Waals surface area contributed by atoms with Crippen LogP contribution in [0.4, 0.5) is 0 Å². The molecule has 1 aliphatic rings. The molecule has 0 saturated heterocycles. The Bertz CT molecular complexity index is 1690. The highest BCUT2D eigenvalue weighted by Gasteiger charge is 2.35. The van der Waals surface area contributed by atoms with E-state index < -0.39 is 12.0 Å². The van der Waals surface area contributed by atoms with Crippen molar-refractivity contribution in [2.24, 2.45) is 4.99 Å². The number of thiazole rings is 1. The van der Waals surface area contributed by atoms with E-state index in [9.17, 15) is 9.59 Å². The Morgan fingerprint density at radius 1 is 0.974 bits per heavy atom. The maximum atomic E-state index is 13.9. The standard InChI is InChI=1S/C30H26N2O5S/c1-4-37-29(34)25-26(20-11-7-5-8-12-20)31-30-32(27(25)21-13-9-6-10-14-21)28(33)24(38-30)18-19-15-16-22(35-2)23(17-19)36-3/h5-18,27H,4H2,1-3H3/b24-18-/t27-/m0/s1. The molecule has 0 fully saturated rings. The van der Waals surface area contributed by atoms with Crippen LogP contribution in [0.5, 0.6) is 11.5 Å². The fraction of sp³-hybridized carbons (Fsp3) is 0.167. The lowest BCUT2D eigenvalue weighted by Crippen LogP contribution is -2.39. The van der Waals surface area contributed by atoms with E-state index in [0.717, 1.165) is 16.7 Å². The van der Waals surface area contributed by atoms with Crippen molar-refractivity contribution in [3.05, 3.63) is 121 Å². The molecule has 1 atom stereocenters. The Hall–Kier alpha value is -4.43. The Morgan fingerprint density at radius 2 is 1.66 bits per heavy atom. The van der Waals surface area contributed by atoms with Crippen LogP contribution in [0.1, 0.15) is 29.7 Å². The van der Waals surface area contributed by atoms with Crippen molar-refractivity contribution in [1.82, 2.24) is 4.57 Å². The number of aromatic nitrogens is 1. The van der Waals surface area contributed by atoms with Crippen molar-refractivity contribution in [3.63, 3.8) is 0 Å². The zero-order valence-electron chi connectivity index (χ0n) is 21.2. The van der Waals surface area contributed by atoms with Gasteiger partial charge in [0, 0.05) is 5.56 Å². The molecular weight excluding hydrogens is 500 g/mol. The molecule has 38 heavy (non-hydrogen) atoms. The van der Waals surface area contributed by atoms with Gasteiger partial charge in [0.15, 0.2) is 16.3 Å². The van der Waals surface area contributed by atoms with Crippen molar-refractivity contribution >= 4 is 29.1 Å². The fourth-order valence-corrected chi connectivity index (χ4v) is 5.49. The van der Waals surface area contributed by atoms with Gasteiger partial charge in [0.05, 0.1) is 42.7 Å². The second-order valence-corrected chi connectivity index (χ2v) is 9.47. The van der Waals surface area contributed by atoms with Gasteiger partial charge in [-0.1, -0.05) is 78.1 Å². The first-order valence-corrected chi connectivity index (χ1v) is 12.9. The highest BCUT2D eigenvalue weighted by molar-refractivity contribution is 7.07. The Morgan fingerprint density at radius 3 is 2.32 bits per heavy atom. The van der Waals surface area contributed by atoms with Crippen molar-refractivity contribution in [2.75, 3.05) is 20.8 Å². The number of carbonyl (C=O) groups excluding carboxylic acids is 1. The quantitative estimate of drug-likeness (QED) is 0.341. The zero-order valence-corrected chi connectivity index (χ0v) is 22.0. The number of carbonyl (C=O) groups is 1. The number of methoxy groups -OCH3 is 2. The Kier molecular flexibility index (Phi) is 7.24. The smallest absolute Gasteiger partial charge is 0.338 e. The molecule has 0 N–H and O–H groups in total. The molecule has 2 heterocycles. The van der Waals surface area contributed by atoms with Crippen molar-refractivity contribution < 1.29 is 19.0 Å². The van der Waals surface area contributed by atoms with E-state index >= 15 is 0 Å². The monoisotopic (exact) mass is 526 g/mol. The molecule has 0 spiro atoms. The summed E-state index contributed by atoms with van der Waals surface area (Å²) in [4.78, 5) is 32.7. The normalized spacial score (nSPS) is 15.0. The Balaban J connectivity index is 1.79. The second kappa shape index (κ2) is 10.9. The summed E-state index contributed by atoms with van der Waals surface area (Å²) in [5.41, 5.74) is 2.92. The van der Waals surface area contributed by atoms with Crippen molar-refractivity contribution in [2.45, 2.75) is 13.0 Å². The second-order valence-electron chi connectivity index (χ2n) is 8.46. The molecule has 3 aromatic carbocycles. The largest absolute Gasteiger partial charge is 0.493 e. The zero-order chi connectivity index (χ0) is 26.6. The highest BCUT2D eigenvalue weighted by atomic mass is 32.1. The number of ether oxygens (including phenoxy) is 3. The highest BCUT2D eigenvalue weighted by Crippen LogP contribution is 2.35. The number of rotatable bonds is 7. The molecule has 1 aliphatic heterocycles. The summed E-state index contributed by atoms with van der Waals surface area (Å²) >= 11 is 1.27. The van der Waals surface area contributed by atoms with Gasteiger partial charge in [0.25, 0.3) is 5.56 Å². The molecule has 0 amide bonds. The van der Waals surface area contributed by atoms with E-state index in [1.54, 1.807) is 37.9 Å². The van der Waals surface area contributed by atoms with Gasteiger partial charge in [0.2, 0.25) is 0 Å². The predicted molar refractivity (Wildman–Crippen MR) is 147 cm³/mol. The third-order valence-electron chi connectivity index (χ3n) is 6.19. The van der Waals surface area contributed by atoms with Crippen LogP contribution in [-0.4, -0.2) is 31.4 Å². The van der Waals surface area contributed by atoms with Gasteiger partial charge in [-0.25, -0.2) is 9.79 Å². The van der Waals surface area contributed by atoms with Crippen LogP contribution in [0, 0.1) is 0 Å². The molecule has 0 aliphatic carbocycles. The SMILES string of the molecule is CCOC(=O)C1=C(c2ccccc2)N=c2s/c(=C\c3ccc(OC)c(OC)c3)c(=O)n2[C@H]1c1ccccc1. The number of hydrogen-bond acceptors (Lipinski definition) is 7. The van der Waals surface area contributed by atoms with Gasteiger partial charge < -0.3 is 14.2 Å². The summed E-state index contributed by atoms with van der Waals surface area (Å²) < 4.78 is 18.3. The summed E-state index contributed by atoms with van der Waals surface area (Å²) in [7, 11) is 3.14. The van der Waals surface area contributed by atoms with Gasteiger partial charge in [-0.15, -0.1) is 0 Å². The van der Waals surface area contributed by atoms with Gasteiger partial charge >= 0.3 is 5.97 Å². The molecule has 7 nitrogen and oxygen atoms in total. The van der Waals surface area contributed by atoms with Crippen LogP contribution < -0.4 is 24.4 Å². The van der Waals surface area contributed by atoms with Crippen LogP contribution >= 0.6 is 11.3 Å². The molecule has 1 aromatic heterocycles. The maximum absolute atomic E-state index is 13.9. The summed E-state index contributed by atoms with van der Waals surface area (Å²) in [6, 6.07) is 23.7. The van der Waals surface area contributed by atoms with E-state index in [0.29, 0.717) is 32.1 Å². The number of nitrogens with zero attached hydrogens (tertiary/aromatic N) is 2. The summed E-state index contributed by atoms with van der Waals surface area (Å²) in [6.45, 7) is 1.96. The van der Waals surface area contributed by atoms with Crippen LogP contribution in [0.15, 0.2) is 94.2 Å². The minimum Gasteiger partial charge on any atom is -0.493 e. The van der Waals surface area contributed by atoms with Crippen LogP contribution in [-0.2, 0) is 9.53 Å². The van der Waals surface area contributed by atoms with Gasteiger partial charge in [-0.2, -0.15) is 0 Å². The predicted octanol–water partition coefficient (Wildman–Crippen LogP) is 3.95. The molecule has 4 aromatic rings. The summed E-state index contributed by atoms with van der Waals surface area (Å²) in [6.07, 6.45) is 1.80. The van der Waals surface area contributed by atoms with Gasteiger partial charge in [0.1, 0.15) is 0 Å². The molecule has 0 bridgehead atoms. The maximum Gasteiger partial charge on any atom is 0.338 e. The number of hydrogen-bond donors (Lipinski definition) is 0. The first-order chi connectivity index (χ1) is 18.5. The summed E-state index contributed by atoms with van der Waals surface area (Å²) in [5.74, 6) is 0.659. The summed E-state index contributed by atoms with van der Waals surface area (Å²) in [5, 5.41) is 0. The average molecular weight is 527 g/mol. The number of benzene rings is 3. The minimum absolute atomic E-state index is 0.204. The van der Waals surface area contributed by atoms with E-state index in [-0.39, 0.29) is 12.2 Å². The lowest BCUT2D eigenvalue weighted by Gasteiger charge is -2.25. The van der Waals surface area contributed by atoms with E-state index in [1.165, 1.54) is 11.3 Å². The van der Waals surface area contributed by atoms with Crippen molar-refractivity contribution in [3.8, 4) is 11.5 Å². The van der Waals surface area contributed by atoms with E-state index in [4.69, 9.17) is 19.2 Å². The lowest BCUT2D eigenvalue weighted by molar-refractivity contribution is -0.138. The first kappa shape index (κ1) is 25.2. The lowest BCUT2D eigenvalue weighted by atomic mass is 9.93. The van der Waals surface area contributed by atoms with Crippen LogP contribution in [0.2, 0.25) is 0 Å². The third-order valence-corrected chi connectivity index (χ3v) is 7.18. The number of esters is 1. The van der Waals surface area contributed by atoms with E-state index in [2.05, 4.69) is 0 Å². The first-order valence-electron chi connectivity index (χ1n) is 12.1. The molecule has 192 valence electrons. The molecule has 0 saturated carbocycles. The number of fused-ring (bicyclic) bond motifs is 1. The van der Waals surface area contributed by atoms with Gasteiger partial charge in [-0.05, 0) is 36.3 Å². The minimum atomic E-state index is -0.700. The van der Waals surface area contributed by atoms with Crippen molar-refractivity contribution in [1.29, 1.82) is 0 Å². The molecule has 8 heteroatoms. The van der Waals surface area contributed by atoms with Crippen LogP contribution in [0.25, 0.3) is 11.8 Å². The molecular formula is C30H26N2O5S. The van der Waals surface area contributed by atoms with E-state index in [1.807, 2.05) is 72.8 Å². The third kappa shape index (κ3) is 4.66. The average Bonchev–Trinajstić information content (AvgIpc) is 3.27. The Labute approximate surface area is 223 Å². The molecule has 5 rings (SSSR count). The topological polar surface area (TPSA) is 79.1 Å². The van der Waals surface area contributed by atoms with Crippen LogP contribution in [0.3, 0.4) is 0 Å². The molecule has 0 unspecified atom stereocenters. The fourth-order valence-electron chi connectivity index (χ4n) is 4.49. The van der Waals surface area contributed by atoms with Gasteiger partial charge in [-0.3, -0.25) is 9.36 Å². The molecule has 0 radical (unpaired) electrons.